The first-order valence-electron chi connectivity index (χ1n) is 7.05. The van der Waals surface area contributed by atoms with Gasteiger partial charge in [-0.1, -0.05) is 30.3 Å². The van der Waals surface area contributed by atoms with E-state index < -0.39 is 5.97 Å². The van der Waals surface area contributed by atoms with Crippen LogP contribution >= 0.6 is 0 Å². The highest BCUT2D eigenvalue weighted by Crippen LogP contribution is 2.22. The summed E-state index contributed by atoms with van der Waals surface area (Å²) in [5, 5.41) is 0. The number of hydrogen-bond acceptors (Lipinski definition) is 4. The van der Waals surface area contributed by atoms with E-state index in [-0.39, 0.29) is 17.4 Å². The molecule has 5 heteroatoms. The molecule has 1 aromatic heterocycles. The molecule has 0 unspecified atom stereocenters. The Morgan fingerprint density at radius 1 is 1.00 bits per heavy atom. The standard InChI is InChI=1S/C18H14N2O3/c1-20-12-11-19-17(20)16(21)14-9-5-6-10-15(14)23-18(22)13-7-3-2-4-8-13/h2-12H,1H3. The third-order valence-corrected chi connectivity index (χ3v) is 3.37. The molecule has 114 valence electrons. The van der Waals surface area contributed by atoms with Crippen LogP contribution in [0.25, 0.3) is 0 Å². The number of benzene rings is 2. The summed E-state index contributed by atoms with van der Waals surface area (Å²) < 4.78 is 7.02. The molecule has 1 heterocycles. The number of nitrogens with zero attached hydrogens (tertiary/aromatic N) is 2. The fourth-order valence-electron chi connectivity index (χ4n) is 2.18. The van der Waals surface area contributed by atoms with Crippen molar-refractivity contribution in [2.24, 2.45) is 7.05 Å². The van der Waals surface area contributed by atoms with Gasteiger partial charge in [0.1, 0.15) is 5.75 Å². The van der Waals surface area contributed by atoms with Crippen LogP contribution in [0.4, 0.5) is 0 Å². The lowest BCUT2D eigenvalue weighted by Gasteiger charge is -2.09. The third-order valence-electron chi connectivity index (χ3n) is 3.37. The van der Waals surface area contributed by atoms with Crippen molar-refractivity contribution in [3.8, 4) is 5.75 Å². The molecule has 3 aromatic rings. The maximum absolute atomic E-state index is 12.6. The van der Waals surface area contributed by atoms with Crippen molar-refractivity contribution >= 4 is 11.8 Å². The Labute approximate surface area is 133 Å². The van der Waals surface area contributed by atoms with E-state index in [1.807, 2.05) is 6.07 Å². The van der Waals surface area contributed by atoms with E-state index in [1.54, 1.807) is 72.5 Å². The first kappa shape index (κ1) is 14.7. The first-order valence-corrected chi connectivity index (χ1v) is 7.05. The van der Waals surface area contributed by atoms with Gasteiger partial charge in [-0.15, -0.1) is 0 Å². The highest BCUT2D eigenvalue weighted by atomic mass is 16.5. The van der Waals surface area contributed by atoms with Gasteiger partial charge in [-0.25, -0.2) is 9.78 Å². The SMILES string of the molecule is Cn1ccnc1C(=O)c1ccccc1OC(=O)c1ccccc1. The number of carbonyl (C=O) groups is 2. The van der Waals surface area contributed by atoms with E-state index in [4.69, 9.17) is 4.74 Å². The van der Waals surface area contributed by atoms with E-state index in [1.165, 1.54) is 0 Å². The highest BCUT2D eigenvalue weighted by molar-refractivity contribution is 6.09. The minimum Gasteiger partial charge on any atom is -0.422 e. The van der Waals surface area contributed by atoms with E-state index in [9.17, 15) is 9.59 Å². The number of esters is 1. The highest BCUT2D eigenvalue weighted by Gasteiger charge is 2.20. The number of ether oxygens (including phenoxy) is 1. The second-order valence-corrected chi connectivity index (χ2v) is 4.94. The van der Waals surface area contributed by atoms with Gasteiger partial charge in [0.25, 0.3) is 0 Å². The van der Waals surface area contributed by atoms with Crippen molar-refractivity contribution in [1.29, 1.82) is 0 Å². The lowest BCUT2D eigenvalue weighted by molar-refractivity contribution is 0.0733. The third kappa shape index (κ3) is 3.03. The molecule has 3 rings (SSSR count). The van der Waals surface area contributed by atoms with Gasteiger partial charge in [0.2, 0.25) is 5.78 Å². The van der Waals surface area contributed by atoms with E-state index in [0.717, 1.165) is 0 Å². The molecule has 0 N–H and O–H groups in total. The van der Waals surface area contributed by atoms with Gasteiger partial charge in [0, 0.05) is 19.4 Å². The van der Waals surface area contributed by atoms with Crippen LogP contribution < -0.4 is 4.74 Å². The molecule has 0 atom stereocenters. The predicted octanol–water partition coefficient (Wildman–Crippen LogP) is 2.87. The molecule has 0 aliphatic rings. The monoisotopic (exact) mass is 306 g/mol. The first-order chi connectivity index (χ1) is 11.2. The van der Waals surface area contributed by atoms with Crippen molar-refractivity contribution in [3.05, 3.63) is 83.9 Å². The van der Waals surface area contributed by atoms with E-state index in [0.29, 0.717) is 11.1 Å². The molecule has 0 amide bonds. The van der Waals surface area contributed by atoms with Crippen molar-refractivity contribution in [2.45, 2.75) is 0 Å². The van der Waals surface area contributed by atoms with Crippen LogP contribution in [0, 0.1) is 0 Å². The smallest absolute Gasteiger partial charge is 0.343 e. The van der Waals surface area contributed by atoms with Crippen LogP contribution in [-0.4, -0.2) is 21.3 Å². The molecular weight excluding hydrogens is 292 g/mol. The fourth-order valence-corrected chi connectivity index (χ4v) is 2.18. The number of hydrogen-bond donors (Lipinski definition) is 0. The Balaban J connectivity index is 1.91. The Morgan fingerprint density at radius 3 is 2.39 bits per heavy atom. The van der Waals surface area contributed by atoms with Crippen LogP contribution in [0.3, 0.4) is 0 Å². The minimum atomic E-state index is -0.509. The summed E-state index contributed by atoms with van der Waals surface area (Å²) in [5.41, 5.74) is 0.720. The normalized spacial score (nSPS) is 10.3. The number of imidazole rings is 1. The van der Waals surface area contributed by atoms with Gasteiger partial charge in [0.15, 0.2) is 5.82 Å². The van der Waals surface area contributed by atoms with Gasteiger partial charge < -0.3 is 9.30 Å². The molecule has 0 saturated carbocycles. The molecule has 2 aromatic carbocycles. The summed E-state index contributed by atoms with van der Waals surface area (Å²) in [6.45, 7) is 0. The number of aryl methyl sites for hydroxylation is 1. The number of para-hydroxylation sites is 1. The van der Waals surface area contributed by atoms with E-state index >= 15 is 0 Å². The minimum absolute atomic E-state index is 0.217. The van der Waals surface area contributed by atoms with Crippen molar-refractivity contribution < 1.29 is 14.3 Å². The molecule has 0 aliphatic heterocycles. The van der Waals surface area contributed by atoms with Crippen LogP contribution in [0.5, 0.6) is 5.75 Å². The van der Waals surface area contributed by atoms with Gasteiger partial charge >= 0.3 is 5.97 Å². The van der Waals surface area contributed by atoms with Crippen LogP contribution in [0.2, 0.25) is 0 Å². The summed E-state index contributed by atoms with van der Waals surface area (Å²) in [7, 11) is 1.73. The van der Waals surface area contributed by atoms with Crippen LogP contribution in [0.15, 0.2) is 67.0 Å². The van der Waals surface area contributed by atoms with E-state index in [2.05, 4.69) is 4.98 Å². The summed E-state index contributed by atoms with van der Waals surface area (Å²) in [4.78, 5) is 28.8. The summed E-state index contributed by atoms with van der Waals surface area (Å²) in [5.74, 6) is -0.304. The number of carbonyl (C=O) groups excluding carboxylic acids is 2. The Bertz CT molecular complexity index is 853. The van der Waals surface area contributed by atoms with Gasteiger partial charge in [-0.2, -0.15) is 0 Å². The molecule has 0 aliphatic carbocycles. The Kier molecular flexibility index (Phi) is 4.01. The van der Waals surface area contributed by atoms with Gasteiger partial charge in [0.05, 0.1) is 11.1 Å². The quantitative estimate of drug-likeness (QED) is 0.422. The molecule has 0 saturated heterocycles. The Hall–Kier alpha value is -3.21. The lowest BCUT2D eigenvalue weighted by atomic mass is 10.1. The average Bonchev–Trinajstić information content (AvgIpc) is 3.01. The van der Waals surface area contributed by atoms with Gasteiger partial charge in [-0.05, 0) is 24.3 Å². The Morgan fingerprint density at radius 2 is 1.70 bits per heavy atom. The topological polar surface area (TPSA) is 61.2 Å². The summed E-state index contributed by atoms with van der Waals surface area (Å²) in [6.07, 6.45) is 3.23. The number of ketones is 1. The van der Waals surface area contributed by atoms with Gasteiger partial charge in [-0.3, -0.25) is 4.79 Å². The largest absolute Gasteiger partial charge is 0.422 e. The average molecular weight is 306 g/mol. The fraction of sp³-hybridized carbons (Fsp3) is 0.0556. The predicted molar refractivity (Wildman–Crippen MR) is 84.5 cm³/mol. The maximum atomic E-state index is 12.6. The second kappa shape index (κ2) is 6.27. The van der Waals surface area contributed by atoms with Crippen LogP contribution in [0.1, 0.15) is 26.5 Å². The lowest BCUT2D eigenvalue weighted by Crippen LogP contribution is -2.14. The van der Waals surface area contributed by atoms with Crippen molar-refractivity contribution in [2.75, 3.05) is 0 Å². The number of aromatic nitrogens is 2. The zero-order valence-corrected chi connectivity index (χ0v) is 12.5. The molecule has 0 spiro atoms. The van der Waals surface area contributed by atoms with Crippen molar-refractivity contribution in [3.63, 3.8) is 0 Å². The second-order valence-electron chi connectivity index (χ2n) is 4.94. The molecule has 0 fully saturated rings. The zero-order chi connectivity index (χ0) is 16.2. The molecule has 0 bridgehead atoms. The molecular formula is C18H14N2O3. The summed E-state index contributed by atoms with van der Waals surface area (Å²) in [6, 6.07) is 15.3. The molecule has 23 heavy (non-hydrogen) atoms. The van der Waals surface area contributed by atoms with Crippen molar-refractivity contribution in [1.82, 2.24) is 9.55 Å². The molecule has 5 nitrogen and oxygen atoms in total. The molecule has 0 radical (unpaired) electrons. The zero-order valence-electron chi connectivity index (χ0n) is 12.5. The van der Waals surface area contributed by atoms with Crippen LogP contribution in [-0.2, 0) is 7.05 Å². The number of rotatable bonds is 4. The summed E-state index contributed by atoms with van der Waals surface area (Å²) >= 11 is 0. The maximum Gasteiger partial charge on any atom is 0.343 e.